The molecule has 0 aliphatic carbocycles. The van der Waals surface area contributed by atoms with Crippen LogP contribution in [0.3, 0.4) is 0 Å². The van der Waals surface area contributed by atoms with Crippen molar-refractivity contribution in [1.29, 1.82) is 0 Å². The Hall–Kier alpha value is -1.96. The van der Waals surface area contributed by atoms with Gasteiger partial charge >= 0.3 is 0 Å². The summed E-state index contributed by atoms with van der Waals surface area (Å²) in [5.74, 6) is 2.25. The Morgan fingerprint density at radius 2 is 1.57 bits per heavy atom. The molecule has 0 bridgehead atoms. The summed E-state index contributed by atoms with van der Waals surface area (Å²) in [5.41, 5.74) is 5.40. The Morgan fingerprint density at radius 1 is 0.893 bits per heavy atom. The van der Waals surface area contributed by atoms with E-state index in [1.54, 1.807) is 0 Å². The summed E-state index contributed by atoms with van der Waals surface area (Å²) in [5, 5.41) is 0. The molecule has 2 heteroatoms. The minimum Gasteiger partial charge on any atom is -0.493 e. The summed E-state index contributed by atoms with van der Waals surface area (Å²) in [6.07, 6.45) is 4.13. The van der Waals surface area contributed by atoms with Crippen LogP contribution in [0, 0.1) is 0 Å². The van der Waals surface area contributed by atoms with Crippen molar-refractivity contribution in [1.82, 2.24) is 0 Å². The number of para-hydroxylation sites is 2. The first-order chi connectivity index (χ1) is 13.1. The molecule has 1 atom stereocenters. The van der Waals surface area contributed by atoms with E-state index in [1.165, 1.54) is 22.3 Å². The minimum atomic E-state index is -0.139. The first kappa shape index (κ1) is 19.4. The summed E-state index contributed by atoms with van der Waals surface area (Å²) in [6, 6.07) is 13.3. The van der Waals surface area contributed by atoms with Crippen LogP contribution in [0.4, 0.5) is 0 Å². The van der Waals surface area contributed by atoms with Crippen LogP contribution in [0.2, 0.25) is 0 Å². The Morgan fingerprint density at radius 3 is 2.29 bits per heavy atom. The zero-order valence-corrected chi connectivity index (χ0v) is 18.3. The van der Waals surface area contributed by atoms with Crippen molar-refractivity contribution in [2.75, 3.05) is 6.61 Å². The van der Waals surface area contributed by atoms with Gasteiger partial charge in [0.15, 0.2) is 0 Å². The van der Waals surface area contributed by atoms with Crippen LogP contribution in [-0.2, 0) is 23.7 Å². The molecule has 2 nitrogen and oxygen atoms in total. The molecule has 0 saturated heterocycles. The molecular formula is C26H34O2. The van der Waals surface area contributed by atoms with Gasteiger partial charge in [0.25, 0.3) is 0 Å². The molecule has 0 amide bonds. The lowest BCUT2D eigenvalue weighted by Gasteiger charge is -2.32. The highest BCUT2D eigenvalue weighted by molar-refractivity contribution is 5.49. The van der Waals surface area contributed by atoms with Gasteiger partial charge in [0.1, 0.15) is 17.1 Å². The number of hydrogen-bond acceptors (Lipinski definition) is 2. The molecule has 150 valence electrons. The van der Waals surface area contributed by atoms with Gasteiger partial charge in [0.2, 0.25) is 0 Å². The summed E-state index contributed by atoms with van der Waals surface area (Å²) in [7, 11) is 0. The van der Waals surface area contributed by atoms with E-state index >= 15 is 0 Å². The van der Waals surface area contributed by atoms with E-state index in [1.807, 2.05) is 0 Å². The second kappa shape index (κ2) is 6.54. The van der Waals surface area contributed by atoms with E-state index in [9.17, 15) is 0 Å². The van der Waals surface area contributed by atoms with Crippen molar-refractivity contribution in [2.45, 2.75) is 83.7 Å². The lowest BCUT2D eigenvalue weighted by Crippen LogP contribution is -2.33. The molecule has 2 aromatic carbocycles. The molecule has 2 aromatic rings. The van der Waals surface area contributed by atoms with Crippen LogP contribution in [-0.4, -0.2) is 12.2 Å². The highest BCUT2D eigenvalue weighted by atomic mass is 16.5. The number of benzene rings is 2. The maximum absolute atomic E-state index is 6.64. The van der Waals surface area contributed by atoms with Gasteiger partial charge in [0, 0.05) is 18.4 Å². The molecule has 2 heterocycles. The molecule has 2 aliphatic heterocycles. The molecule has 0 saturated carbocycles. The molecule has 0 spiro atoms. The zero-order chi connectivity index (χ0) is 20.2. The molecule has 4 rings (SSSR count). The SMILES string of the molecule is CC1(CCC(C)(C)c2cccc3c2OCC3)Cc2cccc(C(C)(C)C)c2O1. The average molecular weight is 379 g/mol. The Bertz CT molecular complexity index is 888. The van der Waals surface area contributed by atoms with Gasteiger partial charge < -0.3 is 9.47 Å². The van der Waals surface area contributed by atoms with Crippen LogP contribution >= 0.6 is 0 Å². The maximum atomic E-state index is 6.64. The second-order valence-electron chi connectivity index (χ2n) is 10.5. The standard InChI is InChI=1S/C26H34O2/c1-24(2,3)20-11-8-10-19-17-26(6,28-23(19)20)15-14-25(4,5)21-12-7-9-18-13-16-27-22(18)21/h7-12H,13-17H2,1-6H3. The number of fused-ring (bicyclic) bond motifs is 2. The molecule has 0 fully saturated rings. The van der Waals surface area contributed by atoms with E-state index in [-0.39, 0.29) is 16.4 Å². The van der Waals surface area contributed by atoms with Gasteiger partial charge in [0.05, 0.1) is 6.61 Å². The Kier molecular flexibility index (Phi) is 4.52. The second-order valence-corrected chi connectivity index (χ2v) is 10.5. The summed E-state index contributed by atoms with van der Waals surface area (Å²) >= 11 is 0. The third-order valence-electron chi connectivity index (χ3n) is 6.54. The summed E-state index contributed by atoms with van der Waals surface area (Å²) in [6.45, 7) is 14.6. The monoisotopic (exact) mass is 378 g/mol. The highest BCUT2D eigenvalue weighted by Crippen LogP contribution is 2.46. The summed E-state index contributed by atoms with van der Waals surface area (Å²) in [4.78, 5) is 0. The lowest BCUT2D eigenvalue weighted by atomic mass is 9.76. The molecular weight excluding hydrogens is 344 g/mol. The van der Waals surface area contributed by atoms with Crippen LogP contribution in [0.1, 0.15) is 76.6 Å². The van der Waals surface area contributed by atoms with E-state index in [2.05, 4.69) is 77.9 Å². The van der Waals surface area contributed by atoms with Crippen molar-refractivity contribution in [2.24, 2.45) is 0 Å². The predicted octanol–water partition coefficient (Wildman–Crippen LogP) is 6.37. The van der Waals surface area contributed by atoms with Gasteiger partial charge in [-0.3, -0.25) is 0 Å². The molecule has 0 aromatic heterocycles. The van der Waals surface area contributed by atoms with Crippen molar-refractivity contribution in [3.8, 4) is 11.5 Å². The van der Waals surface area contributed by atoms with Gasteiger partial charge in [-0.05, 0) is 47.3 Å². The first-order valence-electron chi connectivity index (χ1n) is 10.7. The van der Waals surface area contributed by atoms with Crippen LogP contribution in [0.25, 0.3) is 0 Å². The van der Waals surface area contributed by atoms with E-state index in [4.69, 9.17) is 9.47 Å². The maximum Gasteiger partial charge on any atom is 0.127 e. The Balaban J connectivity index is 1.53. The third kappa shape index (κ3) is 3.43. The van der Waals surface area contributed by atoms with Gasteiger partial charge in [-0.1, -0.05) is 71.0 Å². The fraction of sp³-hybridized carbons (Fsp3) is 0.538. The van der Waals surface area contributed by atoms with Crippen molar-refractivity contribution in [3.63, 3.8) is 0 Å². The van der Waals surface area contributed by atoms with E-state index in [0.717, 1.165) is 43.8 Å². The molecule has 0 N–H and O–H groups in total. The van der Waals surface area contributed by atoms with Crippen molar-refractivity contribution < 1.29 is 9.47 Å². The molecule has 28 heavy (non-hydrogen) atoms. The van der Waals surface area contributed by atoms with Gasteiger partial charge in [-0.15, -0.1) is 0 Å². The normalized spacial score (nSPS) is 21.1. The Labute approximate surface area is 170 Å². The third-order valence-corrected chi connectivity index (χ3v) is 6.54. The van der Waals surface area contributed by atoms with Gasteiger partial charge in [-0.2, -0.15) is 0 Å². The van der Waals surface area contributed by atoms with E-state index < -0.39 is 0 Å². The fourth-order valence-corrected chi connectivity index (χ4v) is 4.72. The van der Waals surface area contributed by atoms with Crippen molar-refractivity contribution >= 4 is 0 Å². The summed E-state index contributed by atoms with van der Waals surface area (Å²) < 4.78 is 12.6. The smallest absolute Gasteiger partial charge is 0.127 e. The first-order valence-corrected chi connectivity index (χ1v) is 10.7. The van der Waals surface area contributed by atoms with Crippen LogP contribution in [0.15, 0.2) is 36.4 Å². The number of ether oxygens (including phenoxy) is 2. The topological polar surface area (TPSA) is 18.5 Å². The zero-order valence-electron chi connectivity index (χ0n) is 18.3. The fourth-order valence-electron chi connectivity index (χ4n) is 4.72. The average Bonchev–Trinajstić information content (AvgIpc) is 3.22. The number of hydrogen-bond donors (Lipinski definition) is 0. The predicted molar refractivity (Wildman–Crippen MR) is 116 cm³/mol. The van der Waals surface area contributed by atoms with E-state index in [0.29, 0.717) is 0 Å². The number of rotatable bonds is 4. The lowest BCUT2D eigenvalue weighted by molar-refractivity contribution is 0.0934. The molecule has 2 aliphatic rings. The van der Waals surface area contributed by atoms with Gasteiger partial charge in [-0.25, -0.2) is 0 Å². The molecule has 0 radical (unpaired) electrons. The van der Waals surface area contributed by atoms with Crippen molar-refractivity contribution in [3.05, 3.63) is 58.7 Å². The highest BCUT2D eigenvalue weighted by Gasteiger charge is 2.39. The molecule has 1 unspecified atom stereocenters. The van der Waals surface area contributed by atoms with Crippen LogP contribution < -0.4 is 9.47 Å². The quantitative estimate of drug-likeness (QED) is 0.615. The minimum absolute atomic E-state index is 0.0592. The largest absolute Gasteiger partial charge is 0.493 e. The van der Waals surface area contributed by atoms with Crippen LogP contribution in [0.5, 0.6) is 11.5 Å².